The van der Waals surface area contributed by atoms with Crippen LogP contribution in [0.25, 0.3) is 0 Å². The molecule has 2 aromatic carbocycles. The van der Waals surface area contributed by atoms with Crippen molar-refractivity contribution < 1.29 is 22.7 Å². The lowest BCUT2D eigenvalue weighted by atomic mass is 10.1. The summed E-state index contributed by atoms with van der Waals surface area (Å²) in [5.41, 5.74) is 0.874. The van der Waals surface area contributed by atoms with Gasteiger partial charge < -0.3 is 9.47 Å². The van der Waals surface area contributed by atoms with Crippen molar-refractivity contribution in [3.63, 3.8) is 0 Å². The number of nitrogens with zero attached hydrogens (tertiary/aromatic N) is 1. The van der Waals surface area contributed by atoms with Gasteiger partial charge in [-0.1, -0.05) is 29.3 Å². The summed E-state index contributed by atoms with van der Waals surface area (Å²) < 4.78 is 37.8. The van der Waals surface area contributed by atoms with Crippen molar-refractivity contribution in [2.75, 3.05) is 25.5 Å². The lowest BCUT2D eigenvalue weighted by molar-refractivity contribution is -0.145. The van der Waals surface area contributed by atoms with Crippen LogP contribution in [0.1, 0.15) is 12.5 Å². The Kier molecular flexibility index (Phi) is 7.92. The fourth-order valence-electron chi connectivity index (χ4n) is 3.01. The lowest BCUT2D eigenvalue weighted by Gasteiger charge is -2.23. The smallest absolute Gasteiger partial charge is 0.344 e. The highest BCUT2D eigenvalue weighted by Gasteiger charge is 2.35. The highest BCUT2D eigenvalue weighted by atomic mass is 35.5. The van der Waals surface area contributed by atoms with Gasteiger partial charge in [-0.05, 0) is 55.3 Å². The monoisotopic (exact) mass is 489 g/mol. The Labute approximate surface area is 190 Å². The largest absolute Gasteiger partial charge is 0.480 e. The Morgan fingerprint density at radius 3 is 2.60 bits per heavy atom. The first-order valence-corrected chi connectivity index (χ1v) is 12.5. The SMILES string of the molecule is CCOC(=O)COc1ccc(CC2SCCN2S(=O)(=O)c2ccc(Cl)cc2)cc1Cl. The fraction of sp³-hybridized carbons (Fsp3) is 0.350. The molecule has 0 radical (unpaired) electrons. The van der Waals surface area contributed by atoms with Crippen molar-refractivity contribution in [1.29, 1.82) is 0 Å². The van der Waals surface area contributed by atoms with Crippen molar-refractivity contribution in [2.24, 2.45) is 0 Å². The number of ether oxygens (including phenoxy) is 2. The number of carbonyl (C=O) groups is 1. The van der Waals surface area contributed by atoms with Crippen LogP contribution >= 0.6 is 35.0 Å². The Hall–Kier alpha value is -1.45. The van der Waals surface area contributed by atoms with Gasteiger partial charge in [0.05, 0.1) is 21.9 Å². The summed E-state index contributed by atoms with van der Waals surface area (Å²) in [6.45, 7) is 2.22. The van der Waals surface area contributed by atoms with Crippen LogP contribution in [0.15, 0.2) is 47.4 Å². The van der Waals surface area contributed by atoms with Gasteiger partial charge in [-0.25, -0.2) is 13.2 Å². The Morgan fingerprint density at radius 1 is 1.20 bits per heavy atom. The van der Waals surface area contributed by atoms with E-state index in [9.17, 15) is 13.2 Å². The summed E-state index contributed by atoms with van der Waals surface area (Å²) in [7, 11) is -3.62. The standard InChI is InChI=1S/C20H21Cl2NO5S2/c1-2-27-20(24)13-28-18-8-3-14(11-17(18)22)12-19-23(9-10-29-19)30(25,26)16-6-4-15(21)5-7-16/h3-8,11,19H,2,9-10,12-13H2,1H3. The van der Waals surface area contributed by atoms with Crippen LogP contribution in [0, 0.1) is 0 Å². The van der Waals surface area contributed by atoms with Crippen molar-refractivity contribution in [3.8, 4) is 5.75 Å². The second-order valence-corrected chi connectivity index (χ2v) is 10.5. The van der Waals surface area contributed by atoms with E-state index in [1.165, 1.54) is 16.4 Å². The van der Waals surface area contributed by atoms with E-state index in [1.807, 2.05) is 6.07 Å². The van der Waals surface area contributed by atoms with Crippen LogP contribution in [0.3, 0.4) is 0 Å². The van der Waals surface area contributed by atoms with Gasteiger partial charge in [0.2, 0.25) is 10.0 Å². The molecule has 3 rings (SSSR count). The molecule has 162 valence electrons. The number of hydrogen-bond donors (Lipinski definition) is 0. The second kappa shape index (κ2) is 10.2. The van der Waals surface area contributed by atoms with Gasteiger partial charge in [0.1, 0.15) is 5.75 Å². The van der Waals surface area contributed by atoms with Crippen molar-refractivity contribution in [1.82, 2.24) is 4.31 Å². The van der Waals surface area contributed by atoms with Gasteiger partial charge in [0.15, 0.2) is 6.61 Å². The third-order valence-electron chi connectivity index (χ3n) is 4.42. The summed E-state index contributed by atoms with van der Waals surface area (Å²) in [6, 6.07) is 11.4. The predicted molar refractivity (Wildman–Crippen MR) is 119 cm³/mol. The van der Waals surface area contributed by atoms with E-state index >= 15 is 0 Å². The first-order valence-electron chi connectivity index (χ1n) is 9.27. The molecule has 0 aliphatic carbocycles. The number of thioether (sulfide) groups is 1. The third kappa shape index (κ3) is 5.62. The number of hydrogen-bond acceptors (Lipinski definition) is 6. The molecule has 6 nitrogen and oxygen atoms in total. The molecule has 2 aromatic rings. The molecule has 0 N–H and O–H groups in total. The maximum atomic E-state index is 13.0. The van der Waals surface area contributed by atoms with E-state index in [2.05, 4.69) is 0 Å². The molecular weight excluding hydrogens is 469 g/mol. The van der Waals surface area contributed by atoms with E-state index in [0.29, 0.717) is 34.5 Å². The van der Waals surface area contributed by atoms with Crippen LogP contribution in [-0.2, 0) is 26.0 Å². The summed E-state index contributed by atoms with van der Waals surface area (Å²) in [6.07, 6.45) is 0.495. The molecule has 1 aliphatic heterocycles. The topological polar surface area (TPSA) is 72.9 Å². The van der Waals surface area contributed by atoms with Crippen molar-refractivity contribution in [2.45, 2.75) is 23.6 Å². The van der Waals surface area contributed by atoms with Gasteiger partial charge >= 0.3 is 5.97 Å². The Balaban J connectivity index is 1.70. The van der Waals surface area contributed by atoms with Crippen LogP contribution in [0.4, 0.5) is 0 Å². The molecule has 0 saturated carbocycles. The van der Waals surface area contributed by atoms with Gasteiger partial charge in [-0.3, -0.25) is 0 Å². The highest BCUT2D eigenvalue weighted by molar-refractivity contribution is 8.01. The van der Waals surface area contributed by atoms with Crippen molar-refractivity contribution >= 4 is 51.0 Å². The minimum Gasteiger partial charge on any atom is -0.480 e. The highest BCUT2D eigenvalue weighted by Crippen LogP contribution is 2.34. The molecule has 0 bridgehead atoms. The summed E-state index contributed by atoms with van der Waals surface area (Å²) in [5.74, 6) is 0.618. The van der Waals surface area contributed by atoms with Gasteiger partial charge in [-0.2, -0.15) is 4.31 Å². The molecule has 1 fully saturated rings. The first-order chi connectivity index (χ1) is 14.3. The molecule has 1 heterocycles. The number of benzene rings is 2. The minimum atomic E-state index is -3.62. The second-order valence-electron chi connectivity index (χ2n) is 6.46. The quantitative estimate of drug-likeness (QED) is 0.516. The van der Waals surface area contributed by atoms with E-state index in [1.54, 1.807) is 43.0 Å². The molecule has 1 aliphatic rings. The Morgan fingerprint density at radius 2 is 1.93 bits per heavy atom. The number of halogens is 2. The summed E-state index contributed by atoms with van der Waals surface area (Å²) in [4.78, 5) is 11.7. The normalized spacial score (nSPS) is 17.1. The van der Waals surface area contributed by atoms with Gasteiger partial charge in [0, 0.05) is 17.3 Å². The van der Waals surface area contributed by atoms with Crippen molar-refractivity contribution in [3.05, 3.63) is 58.1 Å². The molecule has 0 amide bonds. The van der Waals surface area contributed by atoms with Gasteiger partial charge in [0.25, 0.3) is 0 Å². The lowest BCUT2D eigenvalue weighted by Crippen LogP contribution is -2.36. The maximum absolute atomic E-state index is 13.0. The van der Waals surface area contributed by atoms with Crippen LogP contribution < -0.4 is 4.74 Å². The van der Waals surface area contributed by atoms with E-state index in [-0.39, 0.29) is 23.5 Å². The molecule has 0 spiro atoms. The Bertz CT molecular complexity index is 999. The first kappa shape index (κ1) is 23.2. The number of carbonyl (C=O) groups excluding carboxylic acids is 1. The number of sulfonamides is 1. The summed E-state index contributed by atoms with van der Waals surface area (Å²) in [5, 5.41) is 0.598. The van der Waals surface area contributed by atoms with E-state index in [0.717, 1.165) is 5.56 Å². The molecule has 1 saturated heterocycles. The number of rotatable bonds is 8. The van der Waals surface area contributed by atoms with Crippen LogP contribution in [0.5, 0.6) is 5.75 Å². The van der Waals surface area contributed by atoms with E-state index in [4.69, 9.17) is 32.7 Å². The third-order valence-corrected chi connectivity index (χ3v) is 8.25. The zero-order chi connectivity index (χ0) is 21.7. The molecule has 10 heteroatoms. The molecule has 0 aromatic heterocycles. The fourth-order valence-corrected chi connectivity index (χ4v) is 6.66. The zero-order valence-corrected chi connectivity index (χ0v) is 19.4. The summed E-state index contributed by atoms with van der Waals surface area (Å²) >= 11 is 13.7. The average molecular weight is 490 g/mol. The van der Waals surface area contributed by atoms with E-state index < -0.39 is 16.0 Å². The minimum absolute atomic E-state index is 0.222. The molecule has 1 atom stereocenters. The zero-order valence-electron chi connectivity index (χ0n) is 16.2. The number of esters is 1. The maximum Gasteiger partial charge on any atom is 0.344 e. The molecule has 1 unspecified atom stereocenters. The molecule has 30 heavy (non-hydrogen) atoms. The van der Waals surface area contributed by atoms with Crippen LogP contribution in [0.2, 0.25) is 10.0 Å². The average Bonchev–Trinajstić information content (AvgIpc) is 3.17. The predicted octanol–water partition coefficient (Wildman–Crippen LogP) is 4.24. The van der Waals surface area contributed by atoms with Crippen LogP contribution in [-0.4, -0.2) is 49.6 Å². The van der Waals surface area contributed by atoms with Gasteiger partial charge in [-0.15, -0.1) is 11.8 Å². The molecular formula is C20H21Cl2NO5S2.